The van der Waals surface area contributed by atoms with Crippen molar-refractivity contribution in [2.45, 2.75) is 20.3 Å². The summed E-state index contributed by atoms with van der Waals surface area (Å²) in [6.07, 6.45) is 1.31. The van der Waals surface area contributed by atoms with Gasteiger partial charge in [-0.25, -0.2) is 22.3 Å². The van der Waals surface area contributed by atoms with E-state index in [4.69, 9.17) is 0 Å². The molecule has 3 heterocycles. The number of aromatic nitrogens is 3. The lowest BCUT2D eigenvalue weighted by molar-refractivity contribution is -0.131. The molecular weight excluding hydrogens is 397 g/mol. The van der Waals surface area contributed by atoms with Crippen LogP contribution < -0.4 is 0 Å². The Hall–Kier alpha value is -2.59. The maximum atomic E-state index is 14.3. The summed E-state index contributed by atoms with van der Waals surface area (Å²) in [7, 11) is -3.24. The second kappa shape index (κ2) is 7.03. The van der Waals surface area contributed by atoms with Crippen molar-refractivity contribution in [1.82, 2.24) is 23.8 Å². The second-order valence-electron chi connectivity index (χ2n) is 7.35. The first kappa shape index (κ1) is 19.7. The van der Waals surface area contributed by atoms with Gasteiger partial charge in [-0.05, 0) is 26.0 Å². The van der Waals surface area contributed by atoms with E-state index in [0.29, 0.717) is 48.4 Å². The molecule has 1 saturated heterocycles. The van der Waals surface area contributed by atoms with Gasteiger partial charge in [-0.15, -0.1) is 0 Å². The van der Waals surface area contributed by atoms with Crippen molar-refractivity contribution in [3.8, 4) is 0 Å². The number of halogens is 1. The number of fused-ring (bicyclic) bond motifs is 3. The van der Waals surface area contributed by atoms with Gasteiger partial charge >= 0.3 is 0 Å². The maximum absolute atomic E-state index is 14.3. The number of carbonyl (C=O) groups excluding carboxylic acids is 1. The topological polar surface area (TPSA) is 87.9 Å². The highest BCUT2D eigenvalue weighted by molar-refractivity contribution is 7.88. The highest BCUT2D eigenvalue weighted by atomic mass is 32.2. The van der Waals surface area contributed by atoms with Gasteiger partial charge in [0.15, 0.2) is 5.65 Å². The van der Waals surface area contributed by atoms with Crippen LogP contribution in [0.3, 0.4) is 0 Å². The monoisotopic (exact) mass is 419 g/mol. The van der Waals surface area contributed by atoms with Crippen molar-refractivity contribution < 1.29 is 17.6 Å². The zero-order valence-electron chi connectivity index (χ0n) is 16.5. The number of rotatable bonds is 3. The predicted octanol–water partition coefficient (Wildman–Crippen LogP) is 1.28. The average Bonchev–Trinajstić information content (AvgIpc) is 3.04. The van der Waals surface area contributed by atoms with Gasteiger partial charge in [0, 0.05) is 43.1 Å². The van der Waals surface area contributed by atoms with Gasteiger partial charge < -0.3 is 4.90 Å². The van der Waals surface area contributed by atoms with Crippen LogP contribution in [0.4, 0.5) is 4.39 Å². The molecule has 2 aromatic heterocycles. The van der Waals surface area contributed by atoms with Gasteiger partial charge in [0.05, 0.1) is 23.6 Å². The summed E-state index contributed by atoms with van der Waals surface area (Å²) < 4.78 is 40.5. The van der Waals surface area contributed by atoms with Crippen LogP contribution >= 0.6 is 0 Å². The van der Waals surface area contributed by atoms with E-state index < -0.39 is 10.0 Å². The molecule has 0 spiro atoms. The molecule has 0 radical (unpaired) electrons. The van der Waals surface area contributed by atoms with Crippen molar-refractivity contribution in [1.29, 1.82) is 0 Å². The largest absolute Gasteiger partial charge is 0.340 e. The third-order valence-corrected chi connectivity index (χ3v) is 6.78. The van der Waals surface area contributed by atoms with Gasteiger partial charge in [0.1, 0.15) is 5.82 Å². The van der Waals surface area contributed by atoms with Crippen molar-refractivity contribution in [2.75, 3.05) is 32.4 Å². The van der Waals surface area contributed by atoms with Crippen LogP contribution in [-0.4, -0.2) is 70.6 Å². The maximum Gasteiger partial charge on any atom is 0.227 e. The van der Waals surface area contributed by atoms with E-state index >= 15 is 0 Å². The molecule has 3 aromatic rings. The first-order valence-corrected chi connectivity index (χ1v) is 11.2. The molecule has 1 amide bonds. The molecule has 0 saturated carbocycles. The van der Waals surface area contributed by atoms with Crippen LogP contribution in [0.5, 0.6) is 0 Å². The molecule has 8 nitrogen and oxygen atoms in total. The average molecular weight is 419 g/mol. The Morgan fingerprint density at radius 3 is 2.52 bits per heavy atom. The Morgan fingerprint density at radius 1 is 1.17 bits per heavy atom. The van der Waals surface area contributed by atoms with Gasteiger partial charge in [0.2, 0.25) is 15.9 Å². The van der Waals surface area contributed by atoms with Crippen molar-refractivity contribution in [2.24, 2.45) is 0 Å². The summed E-state index contributed by atoms with van der Waals surface area (Å²) in [5.74, 6) is -0.468. The number of hydrogen-bond donors (Lipinski definition) is 0. The van der Waals surface area contributed by atoms with Crippen LogP contribution in [0, 0.1) is 19.7 Å². The Morgan fingerprint density at radius 2 is 1.86 bits per heavy atom. The van der Waals surface area contributed by atoms with E-state index in [1.165, 1.54) is 16.6 Å². The number of benzene rings is 1. The minimum Gasteiger partial charge on any atom is -0.340 e. The SMILES string of the molecule is Cc1nc2c3c(F)cccc3nn2c(C)c1CC(=O)N1CCN(S(C)(=O)=O)CC1. The van der Waals surface area contributed by atoms with Gasteiger partial charge in [0.25, 0.3) is 0 Å². The van der Waals surface area contributed by atoms with Crippen molar-refractivity contribution in [3.63, 3.8) is 0 Å². The lowest BCUT2D eigenvalue weighted by Crippen LogP contribution is -2.50. The first-order valence-electron chi connectivity index (χ1n) is 9.32. The van der Waals surface area contributed by atoms with E-state index in [2.05, 4.69) is 10.1 Å². The fourth-order valence-electron chi connectivity index (χ4n) is 3.82. The number of piperazine rings is 1. The highest BCUT2D eigenvalue weighted by Gasteiger charge is 2.27. The fraction of sp³-hybridized carbons (Fsp3) is 0.421. The van der Waals surface area contributed by atoms with Crippen molar-refractivity contribution >= 4 is 32.5 Å². The van der Waals surface area contributed by atoms with Crippen LogP contribution in [0.1, 0.15) is 17.0 Å². The normalized spacial score (nSPS) is 16.1. The zero-order chi connectivity index (χ0) is 20.9. The Balaban J connectivity index is 1.62. The quantitative estimate of drug-likeness (QED) is 0.638. The fourth-order valence-corrected chi connectivity index (χ4v) is 4.65. The lowest BCUT2D eigenvalue weighted by atomic mass is 10.1. The van der Waals surface area contributed by atoms with Gasteiger partial charge in [-0.2, -0.15) is 9.40 Å². The van der Waals surface area contributed by atoms with Crippen LogP contribution in [-0.2, 0) is 21.2 Å². The van der Waals surface area contributed by atoms with Gasteiger partial charge in [-0.1, -0.05) is 6.07 Å². The third kappa shape index (κ3) is 3.46. The van der Waals surface area contributed by atoms with E-state index in [9.17, 15) is 17.6 Å². The number of carbonyl (C=O) groups is 1. The first-order chi connectivity index (χ1) is 13.7. The van der Waals surface area contributed by atoms with Crippen LogP contribution in [0.25, 0.3) is 16.6 Å². The summed E-state index contributed by atoms with van der Waals surface area (Å²) in [6, 6.07) is 4.71. The smallest absolute Gasteiger partial charge is 0.227 e. The summed E-state index contributed by atoms with van der Waals surface area (Å²) in [5.41, 5.74) is 3.10. The van der Waals surface area contributed by atoms with E-state index in [-0.39, 0.29) is 18.1 Å². The molecule has 29 heavy (non-hydrogen) atoms. The lowest BCUT2D eigenvalue weighted by Gasteiger charge is -2.33. The third-order valence-electron chi connectivity index (χ3n) is 5.48. The molecule has 0 atom stereocenters. The number of nitrogens with zero attached hydrogens (tertiary/aromatic N) is 5. The molecule has 154 valence electrons. The van der Waals surface area contributed by atoms with Crippen molar-refractivity contribution in [3.05, 3.63) is 41.0 Å². The Labute approximate surface area is 168 Å². The highest BCUT2D eigenvalue weighted by Crippen LogP contribution is 2.25. The minimum absolute atomic E-state index is 0.0895. The van der Waals surface area contributed by atoms with Crippen LogP contribution in [0.15, 0.2) is 18.2 Å². The summed E-state index contributed by atoms with van der Waals surface area (Å²) in [4.78, 5) is 19.0. The number of amides is 1. The molecule has 0 aliphatic carbocycles. The molecule has 10 heteroatoms. The second-order valence-corrected chi connectivity index (χ2v) is 9.33. The minimum atomic E-state index is -3.24. The number of sulfonamides is 1. The van der Waals surface area contributed by atoms with E-state index in [0.717, 1.165) is 11.3 Å². The predicted molar refractivity (Wildman–Crippen MR) is 107 cm³/mol. The Bertz CT molecular complexity index is 1230. The number of hydrogen-bond acceptors (Lipinski definition) is 5. The van der Waals surface area contributed by atoms with E-state index in [1.54, 1.807) is 28.5 Å². The van der Waals surface area contributed by atoms with Crippen LogP contribution in [0.2, 0.25) is 0 Å². The van der Waals surface area contributed by atoms with Gasteiger partial charge in [-0.3, -0.25) is 4.79 Å². The zero-order valence-corrected chi connectivity index (χ0v) is 17.3. The molecule has 0 N–H and O–H groups in total. The Kier molecular flexibility index (Phi) is 4.78. The standard InChI is InChI=1S/C19H22FN5O3S/c1-12-14(11-17(26)23-7-9-24(10-8-23)29(3,27)28)13(2)25-19(21-12)18-15(20)5-4-6-16(18)22-25/h4-6H,7-11H2,1-3H3. The molecular formula is C19H22FN5O3S. The molecule has 1 aromatic carbocycles. The molecule has 0 bridgehead atoms. The molecule has 1 fully saturated rings. The summed E-state index contributed by atoms with van der Waals surface area (Å²) in [6.45, 7) is 4.95. The number of aryl methyl sites for hydroxylation is 2. The molecule has 1 aliphatic rings. The molecule has 4 rings (SSSR count). The molecule has 1 aliphatic heterocycles. The van der Waals surface area contributed by atoms with E-state index in [1.807, 2.05) is 6.92 Å². The molecule has 0 unspecified atom stereocenters. The summed E-state index contributed by atoms with van der Waals surface area (Å²) in [5, 5.41) is 4.82. The summed E-state index contributed by atoms with van der Waals surface area (Å²) >= 11 is 0.